The van der Waals surface area contributed by atoms with Crippen LogP contribution in [0.4, 0.5) is 0 Å². The minimum atomic E-state index is 0.135. The van der Waals surface area contributed by atoms with Crippen molar-refractivity contribution in [3.8, 4) is 0 Å². The van der Waals surface area contributed by atoms with Crippen LogP contribution in [0.1, 0.15) is 40.0 Å². The second-order valence-electron chi connectivity index (χ2n) is 4.06. The summed E-state index contributed by atoms with van der Waals surface area (Å²) in [6.45, 7) is 7.65. The fraction of sp³-hybridized carbons (Fsp3) is 1.00. The first-order valence-corrected chi connectivity index (χ1v) is 4.24. The Morgan fingerprint density at radius 1 is 1.40 bits per heavy atom. The van der Waals surface area contributed by atoms with Crippen LogP contribution >= 0.6 is 0 Å². The van der Waals surface area contributed by atoms with Crippen molar-refractivity contribution in [1.29, 1.82) is 0 Å². The molecule has 0 amide bonds. The minimum Gasteiger partial charge on any atom is -0.376 e. The van der Waals surface area contributed by atoms with Crippen LogP contribution in [0.15, 0.2) is 0 Å². The van der Waals surface area contributed by atoms with Gasteiger partial charge in [-0.2, -0.15) is 0 Å². The van der Waals surface area contributed by atoms with Gasteiger partial charge in [-0.25, -0.2) is 0 Å². The molecule has 1 aliphatic heterocycles. The Morgan fingerprint density at radius 3 is 2.80 bits per heavy atom. The molecule has 1 atom stereocenters. The molecule has 0 aliphatic carbocycles. The molecule has 0 radical (unpaired) electrons. The lowest BCUT2D eigenvalue weighted by Crippen LogP contribution is -2.24. The Balaban J connectivity index is 2.46. The quantitative estimate of drug-likeness (QED) is 0.505. The standard InChI is InChI=1S/C9H18O/c1-8-5-4-6-10-9(2,3)7-8/h8H,4-7H2,1-3H3. The summed E-state index contributed by atoms with van der Waals surface area (Å²) in [4.78, 5) is 0. The third-order valence-electron chi connectivity index (χ3n) is 2.17. The Hall–Kier alpha value is -0.0400. The second kappa shape index (κ2) is 2.91. The van der Waals surface area contributed by atoms with E-state index in [0.717, 1.165) is 12.5 Å². The van der Waals surface area contributed by atoms with E-state index in [1.165, 1.54) is 19.3 Å². The van der Waals surface area contributed by atoms with Crippen molar-refractivity contribution in [3.63, 3.8) is 0 Å². The molecule has 1 nitrogen and oxygen atoms in total. The molecule has 1 aliphatic rings. The van der Waals surface area contributed by atoms with Gasteiger partial charge in [-0.15, -0.1) is 0 Å². The molecule has 1 rings (SSSR count). The molecular formula is C9H18O. The first kappa shape index (κ1) is 8.06. The molecule has 1 heterocycles. The van der Waals surface area contributed by atoms with Crippen LogP contribution in [0.3, 0.4) is 0 Å². The van der Waals surface area contributed by atoms with Crippen molar-refractivity contribution in [2.75, 3.05) is 6.61 Å². The Labute approximate surface area is 63.8 Å². The first-order chi connectivity index (χ1) is 4.60. The molecule has 1 unspecified atom stereocenters. The van der Waals surface area contributed by atoms with Crippen LogP contribution in [-0.2, 0) is 4.74 Å². The summed E-state index contributed by atoms with van der Waals surface area (Å²) >= 11 is 0. The van der Waals surface area contributed by atoms with E-state index in [4.69, 9.17) is 4.74 Å². The van der Waals surface area contributed by atoms with Crippen molar-refractivity contribution < 1.29 is 4.74 Å². The monoisotopic (exact) mass is 142 g/mol. The SMILES string of the molecule is CC1CCCOC(C)(C)C1. The summed E-state index contributed by atoms with van der Waals surface area (Å²) in [5.41, 5.74) is 0.135. The largest absolute Gasteiger partial charge is 0.376 e. The summed E-state index contributed by atoms with van der Waals surface area (Å²) in [6, 6.07) is 0. The van der Waals surface area contributed by atoms with Gasteiger partial charge in [0.05, 0.1) is 5.60 Å². The molecule has 60 valence electrons. The van der Waals surface area contributed by atoms with Crippen LogP contribution in [-0.4, -0.2) is 12.2 Å². The molecule has 0 aromatic heterocycles. The van der Waals surface area contributed by atoms with Crippen LogP contribution in [0, 0.1) is 5.92 Å². The molecule has 10 heavy (non-hydrogen) atoms. The first-order valence-electron chi connectivity index (χ1n) is 4.24. The van der Waals surface area contributed by atoms with E-state index in [1.807, 2.05) is 0 Å². The maximum atomic E-state index is 5.66. The molecule has 0 aromatic carbocycles. The number of ether oxygens (including phenoxy) is 1. The zero-order chi connectivity index (χ0) is 7.61. The van der Waals surface area contributed by atoms with Gasteiger partial charge in [0, 0.05) is 6.61 Å². The Bertz CT molecular complexity index is 107. The van der Waals surface area contributed by atoms with Gasteiger partial charge < -0.3 is 4.74 Å². The van der Waals surface area contributed by atoms with Crippen LogP contribution in [0.5, 0.6) is 0 Å². The summed E-state index contributed by atoms with van der Waals surface area (Å²) in [5, 5.41) is 0. The van der Waals surface area contributed by atoms with Gasteiger partial charge in [0.25, 0.3) is 0 Å². The van der Waals surface area contributed by atoms with Crippen LogP contribution < -0.4 is 0 Å². The van der Waals surface area contributed by atoms with E-state index in [1.54, 1.807) is 0 Å². The fourth-order valence-electron chi connectivity index (χ4n) is 1.78. The highest BCUT2D eigenvalue weighted by Gasteiger charge is 2.23. The van der Waals surface area contributed by atoms with Crippen molar-refractivity contribution in [2.24, 2.45) is 5.92 Å². The highest BCUT2D eigenvalue weighted by molar-refractivity contribution is 4.74. The van der Waals surface area contributed by atoms with Gasteiger partial charge in [-0.1, -0.05) is 6.92 Å². The van der Waals surface area contributed by atoms with E-state index in [0.29, 0.717) is 0 Å². The lowest BCUT2D eigenvalue weighted by Gasteiger charge is -2.24. The van der Waals surface area contributed by atoms with E-state index in [2.05, 4.69) is 20.8 Å². The molecule has 1 fully saturated rings. The van der Waals surface area contributed by atoms with Gasteiger partial charge in [0.2, 0.25) is 0 Å². The number of hydrogen-bond donors (Lipinski definition) is 0. The topological polar surface area (TPSA) is 9.23 Å². The highest BCUT2D eigenvalue weighted by atomic mass is 16.5. The van der Waals surface area contributed by atoms with Crippen LogP contribution in [0.2, 0.25) is 0 Å². The average molecular weight is 142 g/mol. The molecular weight excluding hydrogens is 124 g/mol. The zero-order valence-electron chi connectivity index (χ0n) is 7.31. The van der Waals surface area contributed by atoms with E-state index in [9.17, 15) is 0 Å². The average Bonchev–Trinajstić information content (AvgIpc) is 1.90. The molecule has 0 aromatic rings. The minimum absolute atomic E-state index is 0.135. The summed E-state index contributed by atoms with van der Waals surface area (Å²) < 4.78 is 5.66. The Kier molecular flexibility index (Phi) is 2.35. The maximum Gasteiger partial charge on any atom is 0.0629 e. The summed E-state index contributed by atoms with van der Waals surface area (Å²) in [6.07, 6.45) is 3.79. The van der Waals surface area contributed by atoms with Crippen molar-refractivity contribution >= 4 is 0 Å². The summed E-state index contributed by atoms with van der Waals surface area (Å²) in [7, 11) is 0. The number of rotatable bonds is 0. The van der Waals surface area contributed by atoms with Crippen molar-refractivity contribution in [3.05, 3.63) is 0 Å². The molecule has 1 saturated heterocycles. The van der Waals surface area contributed by atoms with Crippen molar-refractivity contribution in [1.82, 2.24) is 0 Å². The van der Waals surface area contributed by atoms with Gasteiger partial charge in [-0.3, -0.25) is 0 Å². The van der Waals surface area contributed by atoms with E-state index < -0.39 is 0 Å². The third kappa shape index (κ3) is 2.30. The Morgan fingerprint density at radius 2 is 2.10 bits per heavy atom. The summed E-state index contributed by atoms with van der Waals surface area (Å²) in [5.74, 6) is 0.845. The van der Waals surface area contributed by atoms with Crippen LogP contribution in [0.25, 0.3) is 0 Å². The molecule has 0 spiro atoms. The van der Waals surface area contributed by atoms with Gasteiger partial charge in [0.15, 0.2) is 0 Å². The van der Waals surface area contributed by atoms with E-state index >= 15 is 0 Å². The van der Waals surface area contributed by atoms with Gasteiger partial charge in [0.1, 0.15) is 0 Å². The predicted octanol–water partition coefficient (Wildman–Crippen LogP) is 2.60. The molecule has 0 N–H and O–H groups in total. The smallest absolute Gasteiger partial charge is 0.0629 e. The zero-order valence-corrected chi connectivity index (χ0v) is 7.31. The second-order valence-corrected chi connectivity index (χ2v) is 4.06. The fourth-order valence-corrected chi connectivity index (χ4v) is 1.78. The molecule has 0 saturated carbocycles. The normalized spacial score (nSPS) is 33.3. The lowest BCUT2D eigenvalue weighted by atomic mass is 9.93. The lowest BCUT2D eigenvalue weighted by molar-refractivity contribution is -0.0174. The van der Waals surface area contributed by atoms with Crippen molar-refractivity contribution in [2.45, 2.75) is 45.6 Å². The molecule has 0 bridgehead atoms. The van der Waals surface area contributed by atoms with Gasteiger partial charge >= 0.3 is 0 Å². The highest BCUT2D eigenvalue weighted by Crippen LogP contribution is 2.26. The molecule has 1 heteroatoms. The number of hydrogen-bond acceptors (Lipinski definition) is 1. The maximum absolute atomic E-state index is 5.66. The predicted molar refractivity (Wildman–Crippen MR) is 43.0 cm³/mol. The third-order valence-corrected chi connectivity index (χ3v) is 2.17. The van der Waals surface area contributed by atoms with E-state index in [-0.39, 0.29) is 5.60 Å². The van der Waals surface area contributed by atoms with Gasteiger partial charge in [-0.05, 0) is 39.0 Å².